The van der Waals surface area contributed by atoms with Crippen molar-refractivity contribution in [1.29, 1.82) is 5.26 Å². The van der Waals surface area contributed by atoms with E-state index in [0.29, 0.717) is 0 Å². The maximum absolute atomic E-state index is 10.2. The molecule has 44 valence electrons. The van der Waals surface area contributed by atoms with Crippen molar-refractivity contribution in [2.45, 2.75) is 6.42 Å². The number of carbonyl (C=O) groups excluding carboxylic acids is 1. The highest BCUT2D eigenvalue weighted by molar-refractivity contribution is 6.18. The highest BCUT2D eigenvalue weighted by Crippen LogP contribution is 1.81. The smallest absolute Gasteiger partial charge is 0.234 e. The first kappa shape index (κ1) is 7.25. The third-order valence-corrected chi connectivity index (χ3v) is 0.706. The molecule has 0 fully saturated rings. The van der Waals surface area contributed by atoms with E-state index in [1.807, 2.05) is 5.32 Å². The minimum Gasteiger partial charge on any atom is -0.274 e. The Labute approximate surface area is 52.2 Å². The maximum Gasteiger partial charge on any atom is 0.234 e. The first-order valence-electron chi connectivity index (χ1n) is 2.05. The van der Waals surface area contributed by atoms with Crippen molar-refractivity contribution in [1.82, 2.24) is 5.32 Å². The summed E-state index contributed by atoms with van der Waals surface area (Å²) in [5.74, 6) is -0.0736. The zero-order valence-corrected chi connectivity index (χ0v) is 4.90. The van der Waals surface area contributed by atoms with Crippen LogP contribution in [0.3, 0.4) is 0 Å². The Morgan fingerprint density at radius 1 is 1.88 bits per heavy atom. The molecule has 0 rings (SSSR count). The van der Waals surface area contributed by atoms with Crippen LogP contribution in [0.2, 0.25) is 0 Å². The van der Waals surface area contributed by atoms with E-state index >= 15 is 0 Å². The summed E-state index contributed by atoms with van der Waals surface area (Å²) in [5.41, 5.74) is 0. The van der Waals surface area contributed by atoms with Crippen LogP contribution in [0.15, 0.2) is 0 Å². The molecule has 0 aromatic rings. The second kappa shape index (κ2) is 4.41. The number of alkyl halides is 1. The summed E-state index contributed by atoms with van der Waals surface area (Å²) in [4.78, 5) is 10.2. The number of hydrogen-bond acceptors (Lipinski definition) is 2. The van der Waals surface area contributed by atoms with Gasteiger partial charge in [-0.05, 0) is 0 Å². The van der Waals surface area contributed by atoms with Crippen LogP contribution in [0.4, 0.5) is 0 Å². The van der Waals surface area contributed by atoms with Crippen molar-refractivity contribution in [3.8, 4) is 6.19 Å². The molecule has 0 spiro atoms. The van der Waals surface area contributed by atoms with Gasteiger partial charge in [0.25, 0.3) is 0 Å². The van der Waals surface area contributed by atoms with Gasteiger partial charge in [-0.3, -0.25) is 10.1 Å². The molecular formula is C4H5ClN2O. The molecule has 0 aliphatic carbocycles. The lowest BCUT2D eigenvalue weighted by Crippen LogP contribution is -2.16. The van der Waals surface area contributed by atoms with Crippen LogP contribution < -0.4 is 5.32 Å². The van der Waals surface area contributed by atoms with Crippen molar-refractivity contribution in [2.24, 2.45) is 0 Å². The van der Waals surface area contributed by atoms with Crippen molar-refractivity contribution in [3.63, 3.8) is 0 Å². The lowest BCUT2D eigenvalue weighted by molar-refractivity contribution is -0.119. The van der Waals surface area contributed by atoms with E-state index in [2.05, 4.69) is 0 Å². The number of nitriles is 1. The molecular weight excluding hydrogens is 128 g/mol. The predicted molar refractivity (Wildman–Crippen MR) is 29.1 cm³/mol. The molecule has 0 bridgehead atoms. The fourth-order valence-electron chi connectivity index (χ4n) is 0.211. The van der Waals surface area contributed by atoms with Gasteiger partial charge in [-0.15, -0.1) is 11.6 Å². The predicted octanol–water partition coefficient (Wildman–Crippen LogP) is 0.213. The van der Waals surface area contributed by atoms with Crippen LogP contribution >= 0.6 is 11.6 Å². The summed E-state index contributed by atoms with van der Waals surface area (Å²) in [6, 6.07) is 0. The molecule has 0 aromatic carbocycles. The summed E-state index contributed by atoms with van der Waals surface area (Å²) in [5, 5.41) is 9.77. The standard InChI is InChI=1S/C4H5ClN2O/c5-2-1-4(8)7-3-6/h1-2H2,(H,7,8). The maximum atomic E-state index is 10.2. The number of hydrogen-bond donors (Lipinski definition) is 1. The first-order chi connectivity index (χ1) is 3.81. The molecule has 0 radical (unpaired) electrons. The van der Waals surface area contributed by atoms with Crippen LogP contribution in [-0.2, 0) is 4.79 Å². The lowest BCUT2D eigenvalue weighted by Gasteiger charge is -1.87. The van der Waals surface area contributed by atoms with Crippen molar-refractivity contribution < 1.29 is 4.79 Å². The van der Waals surface area contributed by atoms with E-state index in [9.17, 15) is 4.79 Å². The summed E-state index contributed by atoms with van der Waals surface area (Å²) in [6.07, 6.45) is 1.70. The third-order valence-electron chi connectivity index (χ3n) is 0.517. The third kappa shape index (κ3) is 3.44. The van der Waals surface area contributed by atoms with Crippen LogP contribution in [0.5, 0.6) is 0 Å². The molecule has 0 aromatic heterocycles. The molecule has 1 N–H and O–H groups in total. The van der Waals surface area contributed by atoms with Crippen LogP contribution in [0.1, 0.15) is 6.42 Å². The largest absolute Gasteiger partial charge is 0.274 e. The molecule has 8 heavy (non-hydrogen) atoms. The minimum absolute atomic E-state index is 0.203. The average molecular weight is 133 g/mol. The normalized spacial score (nSPS) is 7.50. The topological polar surface area (TPSA) is 52.9 Å². The number of halogens is 1. The highest BCUT2D eigenvalue weighted by atomic mass is 35.5. The molecule has 0 saturated heterocycles. The molecule has 3 nitrogen and oxygen atoms in total. The zero-order valence-electron chi connectivity index (χ0n) is 4.15. The number of amides is 1. The molecule has 0 unspecified atom stereocenters. The quantitative estimate of drug-likeness (QED) is 0.332. The van der Waals surface area contributed by atoms with Gasteiger partial charge >= 0.3 is 0 Å². The monoisotopic (exact) mass is 132 g/mol. The first-order valence-corrected chi connectivity index (χ1v) is 2.58. The van der Waals surface area contributed by atoms with E-state index in [1.165, 1.54) is 6.19 Å². The van der Waals surface area contributed by atoms with Crippen LogP contribution in [0.25, 0.3) is 0 Å². The van der Waals surface area contributed by atoms with Crippen LogP contribution in [-0.4, -0.2) is 11.8 Å². The van der Waals surface area contributed by atoms with Gasteiger partial charge in [0.05, 0.1) is 0 Å². The Hall–Kier alpha value is -0.750. The second-order valence-corrected chi connectivity index (χ2v) is 1.48. The van der Waals surface area contributed by atoms with Gasteiger partial charge < -0.3 is 0 Å². The molecule has 0 aliphatic rings. The number of nitrogens with zero attached hydrogens (tertiary/aromatic N) is 1. The number of nitrogens with one attached hydrogen (secondary N) is 1. The van der Waals surface area contributed by atoms with Crippen LogP contribution in [0, 0.1) is 11.5 Å². The van der Waals surface area contributed by atoms with E-state index < -0.39 is 0 Å². The molecule has 0 atom stereocenters. The number of rotatable bonds is 2. The SMILES string of the molecule is N#CNC(=O)CCCl. The Morgan fingerprint density at radius 2 is 2.50 bits per heavy atom. The van der Waals surface area contributed by atoms with Gasteiger partial charge in [-0.1, -0.05) is 0 Å². The molecule has 1 amide bonds. The Balaban J connectivity index is 3.23. The zero-order chi connectivity index (χ0) is 6.41. The Kier molecular flexibility index (Phi) is 4.00. The second-order valence-electron chi connectivity index (χ2n) is 1.10. The molecule has 0 heterocycles. The van der Waals surface area contributed by atoms with E-state index in [-0.39, 0.29) is 18.2 Å². The molecule has 0 saturated carbocycles. The van der Waals surface area contributed by atoms with E-state index in [1.54, 1.807) is 0 Å². The van der Waals surface area contributed by atoms with Gasteiger partial charge in [0.2, 0.25) is 5.91 Å². The average Bonchev–Trinajstić information content (AvgIpc) is 1.68. The fraction of sp³-hybridized carbons (Fsp3) is 0.500. The van der Waals surface area contributed by atoms with Gasteiger partial charge in [0.15, 0.2) is 6.19 Å². The summed E-state index contributed by atoms with van der Waals surface area (Å²) < 4.78 is 0. The van der Waals surface area contributed by atoms with Gasteiger partial charge in [-0.2, -0.15) is 5.26 Å². The van der Waals surface area contributed by atoms with Crippen molar-refractivity contribution >= 4 is 17.5 Å². The Bertz CT molecular complexity index is 118. The van der Waals surface area contributed by atoms with E-state index in [0.717, 1.165) is 0 Å². The van der Waals surface area contributed by atoms with E-state index in [4.69, 9.17) is 16.9 Å². The van der Waals surface area contributed by atoms with Crippen molar-refractivity contribution in [3.05, 3.63) is 0 Å². The fourth-order valence-corrected chi connectivity index (χ4v) is 0.382. The van der Waals surface area contributed by atoms with Gasteiger partial charge in [-0.25, -0.2) is 0 Å². The number of carbonyl (C=O) groups is 1. The van der Waals surface area contributed by atoms with Gasteiger partial charge in [0, 0.05) is 12.3 Å². The Morgan fingerprint density at radius 3 is 2.88 bits per heavy atom. The molecule has 0 aliphatic heterocycles. The van der Waals surface area contributed by atoms with Crippen molar-refractivity contribution in [2.75, 3.05) is 5.88 Å². The summed E-state index contributed by atoms with van der Waals surface area (Å²) in [7, 11) is 0. The molecule has 4 heteroatoms. The highest BCUT2D eigenvalue weighted by Gasteiger charge is 1.94. The summed E-state index contributed by atoms with van der Waals surface area (Å²) in [6.45, 7) is 0. The summed E-state index contributed by atoms with van der Waals surface area (Å²) >= 11 is 5.16. The van der Waals surface area contributed by atoms with Gasteiger partial charge in [0.1, 0.15) is 0 Å². The minimum atomic E-state index is -0.331. The lowest BCUT2D eigenvalue weighted by atomic mass is 10.5.